The minimum Gasteiger partial charge on any atom is -0.482 e. The SMILES string of the molecule is O=C1COc2ccc(C(=O)CSc3nnc4c(n3)[nH]c3ccccc34)cc2N1. The zero-order chi connectivity index (χ0) is 19.1. The second kappa shape index (κ2) is 6.61. The number of rotatable bonds is 4. The van der Waals surface area contributed by atoms with Crippen molar-refractivity contribution in [1.82, 2.24) is 20.2 Å². The van der Waals surface area contributed by atoms with E-state index < -0.39 is 0 Å². The van der Waals surface area contributed by atoms with Crippen molar-refractivity contribution in [3.63, 3.8) is 0 Å². The van der Waals surface area contributed by atoms with Gasteiger partial charge in [0.15, 0.2) is 18.0 Å². The number of aromatic amines is 1. The van der Waals surface area contributed by atoms with E-state index in [2.05, 4.69) is 25.5 Å². The Morgan fingerprint density at radius 2 is 2.07 bits per heavy atom. The van der Waals surface area contributed by atoms with Crippen molar-refractivity contribution in [2.24, 2.45) is 0 Å². The summed E-state index contributed by atoms with van der Waals surface area (Å²) >= 11 is 1.21. The lowest BCUT2D eigenvalue weighted by atomic mass is 10.1. The van der Waals surface area contributed by atoms with Gasteiger partial charge >= 0.3 is 0 Å². The molecule has 28 heavy (non-hydrogen) atoms. The molecule has 3 heterocycles. The summed E-state index contributed by atoms with van der Waals surface area (Å²) < 4.78 is 5.31. The van der Waals surface area contributed by atoms with Crippen molar-refractivity contribution in [2.75, 3.05) is 17.7 Å². The molecule has 9 heteroatoms. The fourth-order valence-corrected chi connectivity index (χ4v) is 3.72. The third kappa shape index (κ3) is 2.95. The smallest absolute Gasteiger partial charge is 0.262 e. The zero-order valence-corrected chi connectivity index (χ0v) is 15.2. The number of ether oxygens (including phenoxy) is 1. The van der Waals surface area contributed by atoms with Gasteiger partial charge in [0.05, 0.1) is 11.4 Å². The third-order valence-corrected chi connectivity index (χ3v) is 5.21. The van der Waals surface area contributed by atoms with Crippen LogP contribution in [-0.4, -0.2) is 44.2 Å². The monoisotopic (exact) mass is 391 g/mol. The van der Waals surface area contributed by atoms with Gasteiger partial charge in [0.1, 0.15) is 11.3 Å². The third-order valence-electron chi connectivity index (χ3n) is 4.37. The van der Waals surface area contributed by atoms with Gasteiger partial charge in [-0.1, -0.05) is 30.0 Å². The number of nitrogens with zero attached hydrogens (tertiary/aromatic N) is 3. The first-order valence-electron chi connectivity index (χ1n) is 8.51. The number of ketones is 1. The molecule has 2 aromatic heterocycles. The van der Waals surface area contributed by atoms with Gasteiger partial charge in [-0.25, -0.2) is 4.98 Å². The Hall–Kier alpha value is -3.46. The first-order chi connectivity index (χ1) is 13.7. The number of anilines is 1. The quantitative estimate of drug-likeness (QED) is 0.407. The Morgan fingerprint density at radius 3 is 3.00 bits per heavy atom. The van der Waals surface area contributed by atoms with Crippen molar-refractivity contribution >= 4 is 51.2 Å². The second-order valence-corrected chi connectivity index (χ2v) is 7.16. The van der Waals surface area contributed by atoms with Crippen LogP contribution in [0.15, 0.2) is 47.6 Å². The first kappa shape index (κ1) is 16.7. The summed E-state index contributed by atoms with van der Waals surface area (Å²) in [7, 11) is 0. The maximum absolute atomic E-state index is 12.5. The first-order valence-corrected chi connectivity index (χ1v) is 9.50. The molecular formula is C19H13N5O3S. The van der Waals surface area contributed by atoms with Crippen LogP contribution in [0.3, 0.4) is 0 Å². The number of thioether (sulfide) groups is 1. The van der Waals surface area contributed by atoms with Crippen LogP contribution in [0.5, 0.6) is 5.75 Å². The van der Waals surface area contributed by atoms with Crippen LogP contribution in [-0.2, 0) is 4.79 Å². The lowest BCUT2D eigenvalue weighted by molar-refractivity contribution is -0.118. The summed E-state index contributed by atoms with van der Waals surface area (Å²) in [4.78, 5) is 31.6. The number of hydrogen-bond donors (Lipinski definition) is 2. The average molecular weight is 391 g/mol. The van der Waals surface area contributed by atoms with E-state index in [0.29, 0.717) is 33.3 Å². The van der Waals surface area contributed by atoms with Gasteiger partial charge in [0.2, 0.25) is 5.16 Å². The van der Waals surface area contributed by atoms with Crippen LogP contribution in [0.25, 0.3) is 22.1 Å². The number of carbonyl (C=O) groups is 2. The molecule has 0 aliphatic carbocycles. The molecule has 1 aliphatic rings. The van der Waals surface area contributed by atoms with E-state index in [-0.39, 0.29) is 24.1 Å². The molecule has 1 amide bonds. The predicted molar refractivity (Wildman–Crippen MR) is 105 cm³/mol. The van der Waals surface area contributed by atoms with Gasteiger partial charge in [0.25, 0.3) is 5.91 Å². The molecule has 0 atom stereocenters. The van der Waals surface area contributed by atoms with Crippen LogP contribution in [0, 0.1) is 0 Å². The Balaban J connectivity index is 1.34. The molecule has 4 aromatic rings. The minimum atomic E-state index is -0.238. The number of fused-ring (bicyclic) bond motifs is 4. The summed E-state index contributed by atoms with van der Waals surface area (Å²) in [5.41, 5.74) is 3.27. The van der Waals surface area contributed by atoms with E-state index >= 15 is 0 Å². The van der Waals surface area contributed by atoms with Gasteiger partial charge in [-0.05, 0) is 24.3 Å². The number of benzene rings is 2. The number of Topliss-reactive ketones (excluding diaryl/α,β-unsaturated/α-hetero) is 1. The highest BCUT2D eigenvalue weighted by atomic mass is 32.2. The highest BCUT2D eigenvalue weighted by Crippen LogP contribution is 2.29. The molecule has 5 rings (SSSR count). The van der Waals surface area contributed by atoms with Crippen LogP contribution < -0.4 is 10.1 Å². The van der Waals surface area contributed by atoms with Gasteiger partial charge < -0.3 is 15.0 Å². The summed E-state index contributed by atoms with van der Waals surface area (Å²) in [6.07, 6.45) is 0. The maximum Gasteiger partial charge on any atom is 0.262 e. The lowest BCUT2D eigenvalue weighted by Crippen LogP contribution is -2.25. The molecule has 0 unspecified atom stereocenters. The Labute approximate surface area is 162 Å². The molecule has 0 fully saturated rings. The van der Waals surface area contributed by atoms with Crippen molar-refractivity contribution in [2.45, 2.75) is 5.16 Å². The van der Waals surface area contributed by atoms with Crippen molar-refractivity contribution in [3.8, 4) is 5.75 Å². The highest BCUT2D eigenvalue weighted by molar-refractivity contribution is 7.99. The molecule has 0 saturated carbocycles. The number of aromatic nitrogens is 4. The fraction of sp³-hybridized carbons (Fsp3) is 0.105. The van der Waals surface area contributed by atoms with Gasteiger partial charge in [0, 0.05) is 16.5 Å². The van der Waals surface area contributed by atoms with Gasteiger partial charge in [-0.15, -0.1) is 10.2 Å². The Kier molecular flexibility index (Phi) is 3.94. The van der Waals surface area contributed by atoms with Crippen LogP contribution in [0.4, 0.5) is 5.69 Å². The standard InChI is InChI=1S/C19H13N5O3S/c25-14(10-5-6-15-13(7-10)20-16(26)8-27-15)9-28-19-22-18-17(23-24-19)11-3-1-2-4-12(11)21-18/h1-7H,8-9H2,(H,20,26)(H,21,22,24). The summed E-state index contributed by atoms with van der Waals surface area (Å²) in [6, 6.07) is 12.8. The molecule has 0 spiro atoms. The van der Waals surface area contributed by atoms with E-state index in [1.165, 1.54) is 11.8 Å². The van der Waals surface area contributed by atoms with Crippen molar-refractivity contribution in [3.05, 3.63) is 48.0 Å². The summed E-state index contributed by atoms with van der Waals surface area (Å²) in [5, 5.41) is 12.5. The zero-order valence-electron chi connectivity index (χ0n) is 14.4. The lowest BCUT2D eigenvalue weighted by Gasteiger charge is -2.18. The maximum atomic E-state index is 12.5. The number of nitrogens with one attached hydrogen (secondary N) is 2. The second-order valence-electron chi connectivity index (χ2n) is 6.22. The van der Waals surface area contributed by atoms with Crippen LogP contribution in [0.1, 0.15) is 10.4 Å². The van der Waals surface area contributed by atoms with E-state index in [9.17, 15) is 9.59 Å². The number of H-pyrrole nitrogens is 1. The molecule has 8 nitrogen and oxygen atoms in total. The summed E-state index contributed by atoms with van der Waals surface area (Å²) in [5.74, 6) is 0.368. The van der Waals surface area contributed by atoms with E-state index in [0.717, 1.165) is 10.9 Å². The number of para-hydroxylation sites is 1. The predicted octanol–water partition coefficient (Wildman–Crippen LogP) is 2.81. The average Bonchev–Trinajstić information content (AvgIpc) is 3.09. The Morgan fingerprint density at radius 1 is 1.18 bits per heavy atom. The number of hydrogen-bond acceptors (Lipinski definition) is 7. The fourth-order valence-electron chi connectivity index (χ4n) is 3.04. The van der Waals surface area contributed by atoms with E-state index in [1.807, 2.05) is 24.3 Å². The molecule has 0 bridgehead atoms. The van der Waals surface area contributed by atoms with Crippen molar-refractivity contribution in [1.29, 1.82) is 0 Å². The number of amides is 1. The molecule has 0 radical (unpaired) electrons. The molecule has 2 aromatic carbocycles. The Bertz CT molecular complexity index is 1250. The number of carbonyl (C=O) groups excluding carboxylic acids is 2. The minimum absolute atomic E-state index is 0.0171. The normalized spacial score (nSPS) is 13.2. The molecule has 2 N–H and O–H groups in total. The molecule has 0 saturated heterocycles. The van der Waals surface area contributed by atoms with E-state index in [1.54, 1.807) is 18.2 Å². The largest absolute Gasteiger partial charge is 0.482 e. The molecule has 1 aliphatic heterocycles. The van der Waals surface area contributed by atoms with Crippen molar-refractivity contribution < 1.29 is 14.3 Å². The summed E-state index contributed by atoms with van der Waals surface area (Å²) in [6.45, 7) is -0.0171. The van der Waals surface area contributed by atoms with Gasteiger partial charge in [-0.3, -0.25) is 9.59 Å². The van der Waals surface area contributed by atoms with Crippen LogP contribution in [0.2, 0.25) is 0 Å². The van der Waals surface area contributed by atoms with Crippen LogP contribution >= 0.6 is 11.8 Å². The van der Waals surface area contributed by atoms with Gasteiger partial charge in [-0.2, -0.15) is 0 Å². The van der Waals surface area contributed by atoms with E-state index in [4.69, 9.17) is 4.74 Å². The highest BCUT2D eigenvalue weighted by Gasteiger charge is 2.18. The molecular weight excluding hydrogens is 378 g/mol. The topological polar surface area (TPSA) is 110 Å². The molecule has 138 valence electrons.